The molecule has 1 atom stereocenters. The van der Waals surface area contributed by atoms with Gasteiger partial charge in [-0.2, -0.15) is 0 Å². The summed E-state index contributed by atoms with van der Waals surface area (Å²) >= 11 is -11.2. The van der Waals surface area contributed by atoms with Gasteiger partial charge in [0.15, 0.2) is 0 Å². The molecule has 3 aromatic rings. The predicted octanol–water partition coefficient (Wildman–Crippen LogP) is 8.03. The minimum Gasteiger partial charge on any atom is -0.0622 e. The van der Waals surface area contributed by atoms with Crippen LogP contribution in [-0.2, 0) is 34.9 Å². The van der Waals surface area contributed by atoms with E-state index in [-0.39, 0.29) is 24.2 Å². The molecule has 1 aliphatic carbocycles. The first-order valence-electron chi connectivity index (χ1n) is 11.6. The summed E-state index contributed by atoms with van der Waals surface area (Å²) in [4.78, 5) is 0. The van der Waals surface area contributed by atoms with Crippen molar-refractivity contribution >= 4 is 54.1 Å². The van der Waals surface area contributed by atoms with Crippen molar-refractivity contribution in [3.8, 4) is 0 Å². The Morgan fingerprint density at radius 3 is 1.00 bits per heavy atom. The van der Waals surface area contributed by atoms with Gasteiger partial charge in [0.25, 0.3) is 0 Å². The zero-order valence-electron chi connectivity index (χ0n) is 22.8. The molecule has 1 aliphatic rings. The molecule has 2 nitrogen and oxygen atoms in total. The predicted molar refractivity (Wildman–Crippen MR) is 158 cm³/mol. The smallest absolute Gasteiger partial charge is 0.0622 e. The van der Waals surface area contributed by atoms with Crippen LogP contribution in [0, 0.1) is 13.1 Å². The van der Waals surface area contributed by atoms with Crippen LogP contribution in [0.4, 0.5) is 16.9 Å². The Hall–Kier alpha value is -1.52. The first kappa shape index (κ1) is 41.6. The SMILES string of the molecule is CS(=O)C(C)(C)C.[C-]#[O+].[CH]1C=CC=C1.[F][Sb-]([F])([F])([F])([F])[F].[Ru+].c1ccc(P(c2ccccc2)c2ccccc2)cc1. The fourth-order valence-corrected chi connectivity index (χ4v) is 4.80. The number of hydrogen-bond acceptors (Lipinski definition) is 1. The Balaban J connectivity index is 0. The molecule has 2 radical (unpaired) electrons. The van der Waals surface area contributed by atoms with Crippen LogP contribution in [0.1, 0.15) is 20.8 Å². The normalized spacial score (nSPS) is 13.9. The quantitative estimate of drug-likeness (QED) is 0.0869. The summed E-state index contributed by atoms with van der Waals surface area (Å²) in [6, 6.07) is 32.3. The van der Waals surface area contributed by atoms with E-state index in [1.54, 1.807) is 6.26 Å². The number of allylic oxidation sites excluding steroid dienone is 4. The summed E-state index contributed by atoms with van der Waals surface area (Å²) in [5, 5.41) is 4.19. The van der Waals surface area contributed by atoms with E-state index >= 15 is 0 Å². The summed E-state index contributed by atoms with van der Waals surface area (Å²) in [6.45, 7) is 10.4. The summed E-state index contributed by atoms with van der Waals surface area (Å²) < 4.78 is 77.6. The van der Waals surface area contributed by atoms with Gasteiger partial charge in [0.1, 0.15) is 0 Å². The third-order valence-corrected chi connectivity index (χ3v) is 8.63. The molecule has 0 aliphatic heterocycles. The van der Waals surface area contributed by atoms with Crippen LogP contribution >= 0.6 is 7.92 Å². The van der Waals surface area contributed by atoms with Gasteiger partial charge < -0.3 is 0 Å². The maximum atomic E-state index is 10.6. The molecule has 0 spiro atoms. The van der Waals surface area contributed by atoms with E-state index in [4.69, 9.17) is 4.65 Å². The molecule has 41 heavy (non-hydrogen) atoms. The fourth-order valence-electron chi connectivity index (χ4n) is 2.50. The van der Waals surface area contributed by atoms with Crippen molar-refractivity contribution in [2.75, 3.05) is 6.26 Å². The van der Waals surface area contributed by atoms with Gasteiger partial charge in [0, 0.05) is 28.2 Å². The molecule has 1 unspecified atom stereocenters. The molecule has 226 valence electrons. The van der Waals surface area contributed by atoms with Gasteiger partial charge in [-0.25, -0.2) is 0 Å². The first-order chi connectivity index (χ1) is 18.3. The van der Waals surface area contributed by atoms with Gasteiger partial charge in [-0.05, 0) is 44.6 Å². The zero-order chi connectivity index (χ0) is 30.9. The summed E-state index contributed by atoms with van der Waals surface area (Å²) in [5.41, 5.74) is 0. The monoisotopic (exact) mass is 812 g/mol. The second kappa shape index (κ2) is 18.2. The van der Waals surface area contributed by atoms with Crippen LogP contribution in [0.25, 0.3) is 0 Å². The van der Waals surface area contributed by atoms with E-state index in [2.05, 4.69) is 97.6 Å². The minimum absolute atomic E-state index is 0. The van der Waals surface area contributed by atoms with Crippen LogP contribution < -0.4 is 15.9 Å². The summed E-state index contributed by atoms with van der Waals surface area (Å²) in [6.07, 6.45) is 11.7. The molecule has 0 amide bonds. The Morgan fingerprint density at radius 1 is 0.634 bits per heavy atom. The van der Waals surface area contributed by atoms with Gasteiger partial charge >= 0.3 is 67.1 Å². The molecule has 0 fully saturated rings. The number of hydrogen-bond donors (Lipinski definition) is 0. The largest absolute Gasteiger partial charge is 1.00 e. The van der Waals surface area contributed by atoms with E-state index in [0.717, 1.165) is 0 Å². The van der Waals surface area contributed by atoms with Crippen molar-refractivity contribution in [3.63, 3.8) is 0 Å². The third-order valence-electron chi connectivity index (χ3n) is 4.46. The van der Waals surface area contributed by atoms with Gasteiger partial charge in [-0.1, -0.05) is 115 Å². The van der Waals surface area contributed by atoms with Gasteiger partial charge in [0.05, 0.1) is 0 Å². The van der Waals surface area contributed by atoms with Crippen LogP contribution in [0.15, 0.2) is 115 Å². The van der Waals surface area contributed by atoms with Crippen molar-refractivity contribution in [1.82, 2.24) is 0 Å². The van der Waals surface area contributed by atoms with Gasteiger partial charge in [-0.15, -0.1) is 0 Å². The molecule has 12 heteroatoms. The van der Waals surface area contributed by atoms with E-state index in [9.17, 15) is 21.1 Å². The Morgan fingerprint density at radius 2 is 0.854 bits per heavy atom. The second-order valence-electron chi connectivity index (χ2n) is 8.83. The summed E-state index contributed by atoms with van der Waals surface area (Å²) in [7, 11) is -1.13. The molecule has 0 heterocycles. The van der Waals surface area contributed by atoms with Crippen molar-refractivity contribution in [2.24, 2.45) is 0 Å². The van der Waals surface area contributed by atoms with Crippen molar-refractivity contribution in [1.29, 1.82) is 0 Å². The van der Waals surface area contributed by atoms with Crippen molar-refractivity contribution in [3.05, 3.63) is 128 Å². The molecular weight excluding hydrogens is 780 g/mol. The number of benzene rings is 3. The molecule has 0 saturated carbocycles. The van der Waals surface area contributed by atoms with E-state index in [0.29, 0.717) is 0 Å². The average molecular weight is 812 g/mol. The molecule has 0 saturated heterocycles. The number of rotatable bonds is 3. The van der Waals surface area contributed by atoms with E-state index < -0.39 is 38.2 Å². The topological polar surface area (TPSA) is 37.0 Å². The van der Waals surface area contributed by atoms with Crippen LogP contribution in [0.2, 0.25) is 0 Å². The minimum atomic E-state index is -11.2. The van der Waals surface area contributed by atoms with Crippen LogP contribution in [-0.4, -0.2) is 34.7 Å². The average Bonchev–Trinajstić information content (AvgIpc) is 3.46. The van der Waals surface area contributed by atoms with Gasteiger partial charge in [0.2, 0.25) is 0 Å². The first-order valence-corrected chi connectivity index (χ1v) is 20.3. The second-order valence-corrected chi connectivity index (χ2v) is 18.7. The Labute approximate surface area is 257 Å². The van der Waals surface area contributed by atoms with Crippen molar-refractivity contribution < 1.29 is 45.2 Å². The Kier molecular flexibility index (Phi) is 18.5. The zero-order valence-corrected chi connectivity index (χ0v) is 28.8. The standard InChI is InChI=1S/C18H15P.C5H12OS.C5H5.CO.6FH.Ru.Sb/c1-4-10-16(11-5-1)19(17-12-6-2-7-13-17)18-14-8-3-9-15-18;1-5(2,3)7(4)6;1-2-4-5-3-1;1-2;;;;;;;;/h1-15H;1-4H3;1-5H;;6*1H;;/q;;;;;;;;;;+1;+5/p-6. The maximum absolute atomic E-state index is 11.2. The van der Waals surface area contributed by atoms with Crippen LogP contribution in [0.3, 0.4) is 0 Å². The van der Waals surface area contributed by atoms with E-state index in [1.165, 1.54) is 15.9 Å². The molecule has 0 aromatic heterocycles. The third kappa shape index (κ3) is 24.8. The molecule has 3 aromatic carbocycles. The Bertz CT molecular complexity index is 1120. The summed E-state index contributed by atoms with van der Waals surface area (Å²) in [5.74, 6) is 0. The maximum Gasteiger partial charge on any atom is 1.00 e. The molecule has 4 rings (SSSR count). The van der Waals surface area contributed by atoms with Crippen molar-refractivity contribution in [2.45, 2.75) is 25.5 Å². The molecule has 0 N–H and O–H groups in total. The van der Waals surface area contributed by atoms with Gasteiger partial charge in [-0.3, -0.25) is 4.21 Å². The molecular formula is C29H32F6O2PRuSSb. The number of halogens is 6. The van der Waals surface area contributed by atoms with Crippen LogP contribution in [0.5, 0.6) is 0 Å². The molecule has 0 bridgehead atoms. The van der Waals surface area contributed by atoms with E-state index in [1.807, 2.05) is 51.5 Å². The fraction of sp³-hybridized carbons (Fsp3) is 0.172.